The van der Waals surface area contributed by atoms with Gasteiger partial charge in [-0.3, -0.25) is 4.79 Å². The Bertz CT molecular complexity index is 646. The van der Waals surface area contributed by atoms with Gasteiger partial charge in [0.1, 0.15) is 12.1 Å². The SMILES string of the molecule is O=C(NCc1cc(Br)cc2c1OCC2)c1cncnc1. The summed E-state index contributed by atoms with van der Waals surface area (Å²) in [6.07, 6.45) is 5.28. The van der Waals surface area contributed by atoms with Crippen molar-refractivity contribution in [3.63, 3.8) is 0 Å². The Morgan fingerprint density at radius 3 is 2.95 bits per heavy atom. The topological polar surface area (TPSA) is 64.1 Å². The molecule has 0 atom stereocenters. The fourth-order valence-corrected chi connectivity index (χ4v) is 2.72. The van der Waals surface area contributed by atoms with E-state index in [1.54, 1.807) is 0 Å². The molecule has 102 valence electrons. The number of halogens is 1. The second kappa shape index (κ2) is 5.58. The molecule has 0 radical (unpaired) electrons. The lowest BCUT2D eigenvalue weighted by molar-refractivity contribution is 0.0950. The number of ether oxygens (including phenoxy) is 1. The third kappa shape index (κ3) is 2.65. The maximum Gasteiger partial charge on any atom is 0.254 e. The number of carbonyl (C=O) groups excluding carboxylic acids is 1. The van der Waals surface area contributed by atoms with Crippen LogP contribution in [0.2, 0.25) is 0 Å². The van der Waals surface area contributed by atoms with E-state index in [4.69, 9.17) is 4.74 Å². The van der Waals surface area contributed by atoms with Crippen molar-refractivity contribution in [2.24, 2.45) is 0 Å². The molecule has 2 aromatic rings. The first-order chi connectivity index (χ1) is 9.74. The molecular formula is C14H12BrN3O2. The Kier molecular flexibility index (Phi) is 3.64. The lowest BCUT2D eigenvalue weighted by Crippen LogP contribution is -2.23. The minimum atomic E-state index is -0.197. The average molecular weight is 334 g/mol. The highest BCUT2D eigenvalue weighted by molar-refractivity contribution is 9.10. The molecule has 1 aromatic heterocycles. The fourth-order valence-electron chi connectivity index (χ4n) is 2.17. The predicted octanol–water partition coefficient (Wildman–Crippen LogP) is 2.10. The van der Waals surface area contributed by atoms with Gasteiger partial charge in [0.2, 0.25) is 0 Å². The van der Waals surface area contributed by atoms with Gasteiger partial charge in [-0.2, -0.15) is 0 Å². The normalized spacial score (nSPS) is 12.7. The maximum atomic E-state index is 12.0. The van der Waals surface area contributed by atoms with Crippen LogP contribution in [0, 0.1) is 0 Å². The van der Waals surface area contributed by atoms with Crippen LogP contribution >= 0.6 is 15.9 Å². The van der Waals surface area contributed by atoms with Crippen molar-refractivity contribution < 1.29 is 9.53 Å². The largest absolute Gasteiger partial charge is 0.493 e. The van der Waals surface area contributed by atoms with E-state index in [1.165, 1.54) is 24.3 Å². The molecule has 1 amide bonds. The van der Waals surface area contributed by atoms with Gasteiger partial charge >= 0.3 is 0 Å². The first kappa shape index (κ1) is 13.1. The standard InChI is InChI=1S/C14H12BrN3O2/c15-12-3-9-1-2-20-13(9)10(4-12)7-18-14(19)11-5-16-8-17-6-11/h3-6,8H,1-2,7H2,(H,18,19). The van der Waals surface area contributed by atoms with Gasteiger partial charge in [0.05, 0.1) is 12.2 Å². The van der Waals surface area contributed by atoms with Crippen LogP contribution in [0.25, 0.3) is 0 Å². The molecule has 0 spiro atoms. The second-order valence-corrected chi connectivity index (χ2v) is 5.38. The van der Waals surface area contributed by atoms with Crippen LogP contribution in [0.3, 0.4) is 0 Å². The van der Waals surface area contributed by atoms with Crippen molar-refractivity contribution >= 4 is 21.8 Å². The summed E-state index contributed by atoms with van der Waals surface area (Å²) in [6, 6.07) is 4.02. The van der Waals surface area contributed by atoms with Gasteiger partial charge in [0, 0.05) is 35.4 Å². The Hall–Kier alpha value is -1.95. The summed E-state index contributed by atoms with van der Waals surface area (Å²) in [5.74, 6) is 0.690. The number of carbonyl (C=O) groups is 1. The molecule has 1 aliphatic rings. The average Bonchev–Trinajstić information content (AvgIpc) is 2.93. The van der Waals surface area contributed by atoms with Crippen LogP contribution in [0.5, 0.6) is 5.75 Å². The maximum absolute atomic E-state index is 12.0. The second-order valence-electron chi connectivity index (χ2n) is 4.46. The van der Waals surface area contributed by atoms with E-state index >= 15 is 0 Å². The first-order valence-corrected chi connectivity index (χ1v) is 7.00. The molecule has 2 heterocycles. The molecular weight excluding hydrogens is 322 g/mol. The molecule has 0 saturated heterocycles. The summed E-state index contributed by atoms with van der Waals surface area (Å²) in [5, 5.41) is 2.85. The van der Waals surface area contributed by atoms with Crippen molar-refractivity contribution in [1.82, 2.24) is 15.3 Å². The van der Waals surface area contributed by atoms with Gasteiger partial charge in [0.15, 0.2) is 0 Å². The van der Waals surface area contributed by atoms with Crippen LogP contribution in [0.1, 0.15) is 21.5 Å². The monoisotopic (exact) mass is 333 g/mol. The molecule has 6 heteroatoms. The molecule has 0 unspecified atom stereocenters. The number of aromatic nitrogens is 2. The molecule has 0 bridgehead atoms. The minimum absolute atomic E-state index is 0.197. The van der Waals surface area contributed by atoms with E-state index in [9.17, 15) is 4.79 Å². The van der Waals surface area contributed by atoms with E-state index in [1.807, 2.05) is 6.07 Å². The molecule has 3 rings (SSSR count). The fraction of sp³-hybridized carbons (Fsp3) is 0.214. The molecule has 1 aromatic carbocycles. The van der Waals surface area contributed by atoms with Gasteiger partial charge < -0.3 is 10.1 Å². The smallest absolute Gasteiger partial charge is 0.254 e. The molecule has 1 N–H and O–H groups in total. The highest BCUT2D eigenvalue weighted by Gasteiger charge is 2.18. The Morgan fingerprint density at radius 1 is 1.35 bits per heavy atom. The Balaban J connectivity index is 1.75. The van der Waals surface area contributed by atoms with Crippen LogP contribution in [-0.4, -0.2) is 22.5 Å². The van der Waals surface area contributed by atoms with E-state index in [2.05, 4.69) is 37.3 Å². The number of fused-ring (bicyclic) bond motifs is 1. The number of benzene rings is 1. The van der Waals surface area contributed by atoms with E-state index in [0.29, 0.717) is 18.7 Å². The predicted molar refractivity (Wildman–Crippen MR) is 76.5 cm³/mol. The minimum Gasteiger partial charge on any atom is -0.493 e. The van der Waals surface area contributed by atoms with Crippen LogP contribution in [-0.2, 0) is 13.0 Å². The third-order valence-corrected chi connectivity index (χ3v) is 3.55. The highest BCUT2D eigenvalue weighted by Crippen LogP contribution is 2.32. The molecule has 0 aliphatic carbocycles. The summed E-state index contributed by atoms with van der Waals surface area (Å²) in [4.78, 5) is 19.6. The number of amides is 1. The van der Waals surface area contributed by atoms with Crippen molar-refractivity contribution in [3.05, 3.63) is 52.0 Å². The van der Waals surface area contributed by atoms with Crippen molar-refractivity contribution in [1.29, 1.82) is 0 Å². The quantitative estimate of drug-likeness (QED) is 0.934. The van der Waals surface area contributed by atoms with Crippen molar-refractivity contribution in [2.75, 3.05) is 6.61 Å². The number of hydrogen-bond acceptors (Lipinski definition) is 4. The third-order valence-electron chi connectivity index (χ3n) is 3.09. The van der Waals surface area contributed by atoms with Crippen LogP contribution in [0.4, 0.5) is 0 Å². The molecule has 0 fully saturated rings. The van der Waals surface area contributed by atoms with Gasteiger partial charge in [-0.25, -0.2) is 9.97 Å². The summed E-state index contributed by atoms with van der Waals surface area (Å²) in [7, 11) is 0. The zero-order valence-electron chi connectivity index (χ0n) is 10.6. The highest BCUT2D eigenvalue weighted by atomic mass is 79.9. The summed E-state index contributed by atoms with van der Waals surface area (Å²) >= 11 is 3.48. The van der Waals surface area contributed by atoms with Crippen LogP contribution < -0.4 is 10.1 Å². The van der Waals surface area contributed by atoms with E-state index in [-0.39, 0.29) is 5.91 Å². The summed E-state index contributed by atoms with van der Waals surface area (Å²) in [6.45, 7) is 1.11. The van der Waals surface area contributed by atoms with Gasteiger partial charge in [-0.1, -0.05) is 15.9 Å². The Labute approximate surface area is 124 Å². The summed E-state index contributed by atoms with van der Waals surface area (Å²) in [5.41, 5.74) is 2.59. The Morgan fingerprint density at radius 2 is 2.15 bits per heavy atom. The zero-order valence-corrected chi connectivity index (χ0v) is 12.2. The van der Waals surface area contributed by atoms with Crippen molar-refractivity contribution in [3.8, 4) is 5.75 Å². The first-order valence-electron chi connectivity index (χ1n) is 6.21. The number of hydrogen-bond donors (Lipinski definition) is 1. The van der Waals surface area contributed by atoms with Crippen molar-refractivity contribution in [2.45, 2.75) is 13.0 Å². The zero-order chi connectivity index (χ0) is 13.9. The lowest BCUT2D eigenvalue weighted by Gasteiger charge is -2.10. The number of nitrogens with zero attached hydrogens (tertiary/aromatic N) is 2. The van der Waals surface area contributed by atoms with Gasteiger partial charge in [-0.05, 0) is 17.7 Å². The lowest BCUT2D eigenvalue weighted by atomic mass is 10.1. The summed E-state index contributed by atoms with van der Waals surface area (Å²) < 4.78 is 6.62. The molecule has 20 heavy (non-hydrogen) atoms. The van der Waals surface area contributed by atoms with E-state index < -0.39 is 0 Å². The number of nitrogens with one attached hydrogen (secondary N) is 1. The molecule has 0 saturated carbocycles. The van der Waals surface area contributed by atoms with Gasteiger partial charge in [-0.15, -0.1) is 0 Å². The van der Waals surface area contributed by atoms with E-state index in [0.717, 1.165) is 22.2 Å². The van der Waals surface area contributed by atoms with Crippen LogP contribution in [0.15, 0.2) is 35.3 Å². The van der Waals surface area contributed by atoms with Gasteiger partial charge in [0.25, 0.3) is 5.91 Å². The number of rotatable bonds is 3. The molecule has 1 aliphatic heterocycles. The molecule has 5 nitrogen and oxygen atoms in total.